The highest BCUT2D eigenvalue weighted by Crippen LogP contribution is 2.22. The molecule has 0 unspecified atom stereocenters. The monoisotopic (exact) mass is 442 g/mol. The predicted molar refractivity (Wildman–Crippen MR) is 115 cm³/mol. The fourth-order valence-corrected chi connectivity index (χ4v) is 4.47. The number of benzene rings is 2. The Balaban J connectivity index is 1.32. The van der Waals surface area contributed by atoms with Gasteiger partial charge >= 0.3 is 5.69 Å². The van der Waals surface area contributed by atoms with Gasteiger partial charge in [0.25, 0.3) is 0 Å². The summed E-state index contributed by atoms with van der Waals surface area (Å²) in [5.41, 5.74) is 1.86. The van der Waals surface area contributed by atoms with E-state index in [9.17, 15) is 9.18 Å². The zero-order valence-electron chi connectivity index (χ0n) is 16.0. The first-order chi connectivity index (χ1) is 14.7. The first kappa shape index (κ1) is 20.4. The van der Waals surface area contributed by atoms with Gasteiger partial charge in [0.15, 0.2) is 5.16 Å². The number of halogens is 1. The Morgan fingerprint density at radius 3 is 2.73 bits per heavy atom. The molecule has 0 fully saturated rings. The molecule has 0 spiro atoms. The highest BCUT2D eigenvalue weighted by molar-refractivity contribution is 7.98. The number of thiazole rings is 1. The van der Waals surface area contributed by atoms with Crippen LogP contribution in [0.25, 0.3) is 0 Å². The molecule has 30 heavy (non-hydrogen) atoms. The molecule has 2 heterocycles. The molecule has 6 nitrogen and oxygen atoms in total. The minimum Gasteiger partial charge on any atom is -0.486 e. The van der Waals surface area contributed by atoms with Crippen LogP contribution < -0.4 is 10.4 Å². The van der Waals surface area contributed by atoms with Crippen LogP contribution >= 0.6 is 23.1 Å². The van der Waals surface area contributed by atoms with E-state index in [1.807, 2.05) is 35.7 Å². The molecule has 4 aromatic rings. The molecule has 0 aliphatic rings. The number of thioether (sulfide) groups is 1. The van der Waals surface area contributed by atoms with Crippen LogP contribution in [0, 0.1) is 5.82 Å². The van der Waals surface area contributed by atoms with Crippen LogP contribution in [-0.2, 0) is 25.3 Å². The van der Waals surface area contributed by atoms with Crippen molar-refractivity contribution < 1.29 is 9.13 Å². The summed E-state index contributed by atoms with van der Waals surface area (Å²) in [4.78, 5) is 16.7. The van der Waals surface area contributed by atoms with Crippen LogP contribution in [0.3, 0.4) is 0 Å². The maximum absolute atomic E-state index is 12.9. The molecule has 4 rings (SSSR count). The van der Waals surface area contributed by atoms with Gasteiger partial charge in [0.1, 0.15) is 23.2 Å². The number of rotatable bonds is 9. The Bertz CT molecular complexity index is 1140. The van der Waals surface area contributed by atoms with E-state index in [1.165, 1.54) is 40.8 Å². The van der Waals surface area contributed by atoms with Gasteiger partial charge in [0, 0.05) is 17.7 Å². The van der Waals surface area contributed by atoms with Crippen molar-refractivity contribution in [2.75, 3.05) is 0 Å². The molecular weight excluding hydrogens is 423 g/mol. The molecule has 0 radical (unpaired) electrons. The molecule has 0 aliphatic carbocycles. The smallest absolute Gasteiger partial charge is 0.343 e. The maximum atomic E-state index is 12.9. The van der Waals surface area contributed by atoms with Crippen LogP contribution in [0.15, 0.2) is 69.9 Å². The minimum atomic E-state index is -0.295. The zero-order valence-corrected chi connectivity index (χ0v) is 17.6. The Morgan fingerprint density at radius 2 is 1.93 bits per heavy atom. The summed E-state index contributed by atoms with van der Waals surface area (Å²) in [5.74, 6) is 0.904. The second-order valence-electron chi connectivity index (χ2n) is 6.46. The number of aromatic nitrogens is 4. The van der Waals surface area contributed by atoms with E-state index in [1.54, 1.807) is 16.7 Å². The lowest BCUT2D eigenvalue weighted by atomic mass is 10.1. The molecule has 0 amide bonds. The van der Waals surface area contributed by atoms with Crippen LogP contribution in [-0.4, -0.2) is 19.7 Å². The van der Waals surface area contributed by atoms with E-state index in [-0.39, 0.29) is 11.5 Å². The second kappa shape index (κ2) is 9.73. The van der Waals surface area contributed by atoms with Crippen molar-refractivity contribution in [2.45, 2.75) is 30.5 Å². The largest absolute Gasteiger partial charge is 0.486 e. The van der Waals surface area contributed by atoms with E-state index in [2.05, 4.69) is 15.2 Å². The summed E-state index contributed by atoms with van der Waals surface area (Å²) < 4.78 is 20.2. The Morgan fingerprint density at radius 1 is 1.13 bits per heavy atom. The summed E-state index contributed by atoms with van der Waals surface area (Å²) in [5, 5.41) is 10.1. The third-order valence-corrected chi connectivity index (χ3v) is 6.20. The molecule has 2 aromatic heterocycles. The number of nitrogens with one attached hydrogen (secondary N) is 1. The van der Waals surface area contributed by atoms with Gasteiger partial charge in [0.05, 0.1) is 5.69 Å². The van der Waals surface area contributed by atoms with Gasteiger partial charge in [-0.1, -0.05) is 42.1 Å². The van der Waals surface area contributed by atoms with E-state index >= 15 is 0 Å². The number of hydrogen-bond donors (Lipinski definition) is 1. The molecule has 9 heteroatoms. The number of hydrogen-bond acceptors (Lipinski definition) is 6. The van der Waals surface area contributed by atoms with Gasteiger partial charge in [-0.25, -0.2) is 19.3 Å². The van der Waals surface area contributed by atoms with Gasteiger partial charge in [-0.3, -0.25) is 4.57 Å². The predicted octanol–water partition coefficient (Wildman–Crippen LogP) is 4.28. The zero-order chi connectivity index (χ0) is 20.8. The quantitative estimate of drug-likeness (QED) is 0.392. The third-order valence-electron chi connectivity index (χ3n) is 4.31. The number of aromatic amines is 1. The van der Waals surface area contributed by atoms with Crippen LogP contribution in [0.1, 0.15) is 16.3 Å². The first-order valence-corrected chi connectivity index (χ1v) is 11.2. The standard InChI is InChI=1S/C21H19FN4O2S2/c22-16-6-8-18(9-7-16)28-12-19-23-17(13-29-19)14-30-21-25-24-20(27)26(21)11-10-15-4-2-1-3-5-15/h1-9,13H,10-12,14H2,(H,24,27). The molecule has 0 saturated carbocycles. The summed E-state index contributed by atoms with van der Waals surface area (Å²) in [7, 11) is 0. The van der Waals surface area contributed by atoms with Gasteiger partial charge in [-0.2, -0.15) is 0 Å². The van der Waals surface area contributed by atoms with E-state index in [0.29, 0.717) is 29.8 Å². The number of nitrogens with zero attached hydrogens (tertiary/aromatic N) is 3. The highest BCUT2D eigenvalue weighted by Gasteiger charge is 2.11. The van der Waals surface area contributed by atoms with Crippen molar-refractivity contribution in [3.05, 3.63) is 92.5 Å². The van der Waals surface area contributed by atoms with E-state index < -0.39 is 0 Å². The van der Waals surface area contributed by atoms with Crippen molar-refractivity contribution >= 4 is 23.1 Å². The molecule has 0 bridgehead atoms. The van der Waals surface area contributed by atoms with Crippen molar-refractivity contribution in [3.63, 3.8) is 0 Å². The van der Waals surface area contributed by atoms with Gasteiger partial charge in [-0.05, 0) is 36.2 Å². The van der Waals surface area contributed by atoms with Crippen molar-refractivity contribution in [1.82, 2.24) is 19.7 Å². The molecule has 0 aliphatic heterocycles. The highest BCUT2D eigenvalue weighted by atomic mass is 32.2. The second-order valence-corrected chi connectivity index (χ2v) is 8.35. The van der Waals surface area contributed by atoms with Gasteiger partial charge in [0.2, 0.25) is 0 Å². The van der Waals surface area contributed by atoms with E-state index in [0.717, 1.165) is 17.1 Å². The summed E-state index contributed by atoms with van der Waals surface area (Å²) in [6.45, 7) is 0.890. The van der Waals surface area contributed by atoms with Crippen LogP contribution in [0.2, 0.25) is 0 Å². The Hall–Kier alpha value is -2.91. The average molecular weight is 443 g/mol. The SMILES string of the molecule is O=c1[nH]nc(SCc2csc(COc3ccc(F)cc3)n2)n1CCc1ccccc1. The third kappa shape index (κ3) is 5.37. The summed E-state index contributed by atoms with van der Waals surface area (Å²) >= 11 is 2.97. The number of H-pyrrole nitrogens is 1. The average Bonchev–Trinajstić information content (AvgIpc) is 3.37. The molecule has 1 N–H and O–H groups in total. The van der Waals surface area contributed by atoms with Crippen LogP contribution in [0.4, 0.5) is 4.39 Å². The van der Waals surface area contributed by atoms with Crippen molar-refractivity contribution in [1.29, 1.82) is 0 Å². The molecule has 0 atom stereocenters. The number of ether oxygens (including phenoxy) is 1. The summed E-state index contributed by atoms with van der Waals surface area (Å²) in [6, 6.07) is 15.9. The van der Waals surface area contributed by atoms with Crippen molar-refractivity contribution in [2.24, 2.45) is 0 Å². The fourth-order valence-electron chi connectivity index (χ4n) is 2.79. The topological polar surface area (TPSA) is 72.8 Å². The maximum Gasteiger partial charge on any atom is 0.343 e. The van der Waals surface area contributed by atoms with Crippen LogP contribution in [0.5, 0.6) is 5.75 Å². The lowest BCUT2D eigenvalue weighted by molar-refractivity contribution is 0.305. The number of aryl methyl sites for hydroxylation is 1. The molecular formula is C21H19FN4O2S2. The molecule has 154 valence electrons. The first-order valence-electron chi connectivity index (χ1n) is 9.31. The molecule has 2 aromatic carbocycles. The Labute approximate surface area is 180 Å². The molecule has 0 saturated heterocycles. The Kier molecular flexibility index (Phi) is 6.60. The van der Waals surface area contributed by atoms with E-state index in [4.69, 9.17) is 4.74 Å². The van der Waals surface area contributed by atoms with Gasteiger partial charge in [-0.15, -0.1) is 16.4 Å². The van der Waals surface area contributed by atoms with Crippen molar-refractivity contribution in [3.8, 4) is 5.75 Å². The minimum absolute atomic E-state index is 0.208. The lowest BCUT2D eigenvalue weighted by Crippen LogP contribution is -2.18. The summed E-state index contributed by atoms with van der Waals surface area (Å²) in [6.07, 6.45) is 0.759. The lowest BCUT2D eigenvalue weighted by Gasteiger charge is -2.05. The normalized spacial score (nSPS) is 11.0. The van der Waals surface area contributed by atoms with Gasteiger partial charge < -0.3 is 4.74 Å². The fraction of sp³-hybridized carbons (Fsp3) is 0.190.